The Kier molecular flexibility index (Phi) is 3.09. The van der Waals surface area contributed by atoms with E-state index in [1.165, 1.54) is 5.01 Å². The maximum Gasteiger partial charge on any atom is 0.209 e. The van der Waals surface area contributed by atoms with Crippen molar-refractivity contribution in [1.82, 2.24) is 5.01 Å². The van der Waals surface area contributed by atoms with Gasteiger partial charge >= 0.3 is 0 Å². The summed E-state index contributed by atoms with van der Waals surface area (Å²) in [5.41, 5.74) is 7.17. The fraction of sp³-hybridized carbons (Fsp3) is 0.200. The summed E-state index contributed by atoms with van der Waals surface area (Å²) in [6, 6.07) is 7.59. The minimum Gasteiger partial charge on any atom is -0.417 e. The first kappa shape index (κ1) is 10.9. The molecule has 2 rings (SSSR count). The van der Waals surface area contributed by atoms with Gasteiger partial charge in [0, 0.05) is 12.0 Å². The number of hydrazone groups is 1. The summed E-state index contributed by atoms with van der Waals surface area (Å²) in [5.74, 6) is 0.680. The number of para-hydroxylation sites is 1. The van der Waals surface area contributed by atoms with Crippen LogP contribution in [0.3, 0.4) is 0 Å². The van der Waals surface area contributed by atoms with E-state index in [1.807, 2.05) is 24.3 Å². The van der Waals surface area contributed by atoms with Gasteiger partial charge < -0.3 is 9.56 Å². The molecule has 1 aliphatic rings. The van der Waals surface area contributed by atoms with Crippen molar-refractivity contribution in [2.75, 3.05) is 6.54 Å². The minimum atomic E-state index is -0.0350. The first-order chi connectivity index (χ1) is 7.72. The average molecular weight is 283 g/mol. The van der Waals surface area contributed by atoms with E-state index in [0.29, 0.717) is 12.3 Å². The van der Waals surface area contributed by atoms with Crippen LogP contribution in [-0.4, -0.2) is 23.2 Å². The highest BCUT2D eigenvalue weighted by molar-refractivity contribution is 9.06. The quantitative estimate of drug-likeness (QED) is 0.640. The average Bonchev–Trinajstić information content (AvgIpc) is 2.78. The standard InChI is InChI=1S/C10H11BrN4O/c11-16-9-4-2-1-3-7(9)8-5-6-15(14-8)10(12)13/h1-4H,5-6H2,(H3,12,13). The van der Waals surface area contributed by atoms with Crippen molar-refractivity contribution in [2.45, 2.75) is 6.42 Å². The normalized spacial score (nSPS) is 14.8. The lowest BCUT2D eigenvalue weighted by atomic mass is 10.1. The smallest absolute Gasteiger partial charge is 0.209 e. The SMILES string of the molecule is N=C(N)N1CCC(c2ccccc2OBr)=N1. The Bertz CT molecular complexity index is 446. The van der Waals surface area contributed by atoms with Gasteiger partial charge in [-0.15, -0.1) is 0 Å². The van der Waals surface area contributed by atoms with Crippen LogP contribution < -0.4 is 9.56 Å². The van der Waals surface area contributed by atoms with Gasteiger partial charge in [0.1, 0.15) is 5.75 Å². The fourth-order valence-electron chi connectivity index (χ4n) is 1.59. The highest BCUT2D eigenvalue weighted by Gasteiger charge is 2.20. The molecule has 0 atom stereocenters. The van der Waals surface area contributed by atoms with Gasteiger partial charge in [-0.05, 0) is 12.1 Å². The Morgan fingerprint density at radius 2 is 2.25 bits per heavy atom. The predicted molar refractivity (Wildman–Crippen MR) is 65.8 cm³/mol. The lowest BCUT2D eigenvalue weighted by Crippen LogP contribution is -2.29. The number of halogens is 1. The van der Waals surface area contributed by atoms with E-state index < -0.39 is 0 Å². The van der Waals surface area contributed by atoms with Crippen molar-refractivity contribution in [3.05, 3.63) is 29.8 Å². The summed E-state index contributed by atoms with van der Waals surface area (Å²) < 4.78 is 5.08. The third kappa shape index (κ3) is 2.01. The van der Waals surface area contributed by atoms with Gasteiger partial charge in [0.2, 0.25) is 5.96 Å². The number of rotatable bonds is 2. The van der Waals surface area contributed by atoms with Crippen molar-refractivity contribution in [3.63, 3.8) is 0 Å². The van der Waals surface area contributed by atoms with Gasteiger partial charge in [-0.1, -0.05) is 12.1 Å². The van der Waals surface area contributed by atoms with Gasteiger partial charge in [-0.2, -0.15) is 5.10 Å². The fourth-order valence-corrected chi connectivity index (χ4v) is 1.88. The van der Waals surface area contributed by atoms with Crippen LogP contribution in [0.25, 0.3) is 0 Å². The van der Waals surface area contributed by atoms with Crippen LogP contribution in [0.5, 0.6) is 5.75 Å². The van der Waals surface area contributed by atoms with E-state index in [9.17, 15) is 0 Å². The second-order valence-corrected chi connectivity index (χ2v) is 3.70. The van der Waals surface area contributed by atoms with E-state index in [2.05, 4.69) is 21.4 Å². The van der Waals surface area contributed by atoms with Crippen molar-refractivity contribution in [2.24, 2.45) is 10.8 Å². The minimum absolute atomic E-state index is 0.0350. The molecule has 1 aromatic carbocycles. The summed E-state index contributed by atoms with van der Waals surface area (Å²) in [4.78, 5) is 0. The van der Waals surface area contributed by atoms with Crippen LogP contribution in [0.15, 0.2) is 29.4 Å². The molecule has 0 amide bonds. The number of benzene rings is 1. The van der Waals surface area contributed by atoms with Crippen LogP contribution in [0.1, 0.15) is 12.0 Å². The van der Waals surface area contributed by atoms with Crippen LogP contribution in [0.4, 0.5) is 0 Å². The zero-order valence-corrected chi connectivity index (χ0v) is 10.1. The van der Waals surface area contributed by atoms with E-state index in [-0.39, 0.29) is 5.96 Å². The summed E-state index contributed by atoms with van der Waals surface area (Å²) in [6.45, 7) is 0.640. The summed E-state index contributed by atoms with van der Waals surface area (Å²) in [7, 11) is 0. The highest BCUT2D eigenvalue weighted by Crippen LogP contribution is 2.24. The molecular formula is C10H11BrN4O. The van der Waals surface area contributed by atoms with E-state index >= 15 is 0 Å². The monoisotopic (exact) mass is 282 g/mol. The van der Waals surface area contributed by atoms with Gasteiger partial charge in [0.25, 0.3) is 0 Å². The van der Waals surface area contributed by atoms with Crippen molar-refractivity contribution < 1.29 is 3.83 Å². The molecule has 84 valence electrons. The summed E-state index contributed by atoms with van der Waals surface area (Å²) >= 11 is 2.96. The van der Waals surface area contributed by atoms with Crippen LogP contribution >= 0.6 is 16.3 Å². The Morgan fingerprint density at radius 1 is 1.50 bits per heavy atom. The molecule has 6 heteroatoms. The molecule has 3 N–H and O–H groups in total. The Labute approximate surface area is 102 Å². The number of guanidine groups is 1. The van der Waals surface area contributed by atoms with Crippen molar-refractivity contribution in [1.29, 1.82) is 5.41 Å². The number of nitrogens with zero attached hydrogens (tertiary/aromatic N) is 2. The first-order valence-corrected chi connectivity index (χ1v) is 5.44. The number of nitrogens with two attached hydrogens (primary N) is 1. The topological polar surface area (TPSA) is 74.7 Å². The number of hydrogen-bond acceptors (Lipinski definition) is 3. The predicted octanol–water partition coefficient (Wildman–Crippen LogP) is 1.68. The molecule has 5 nitrogen and oxygen atoms in total. The third-order valence-corrected chi connectivity index (χ3v) is 2.71. The van der Waals surface area contributed by atoms with Gasteiger partial charge in [-0.25, -0.2) is 5.01 Å². The van der Waals surface area contributed by atoms with Gasteiger partial charge in [0.05, 0.1) is 12.3 Å². The molecule has 0 saturated carbocycles. The van der Waals surface area contributed by atoms with Crippen LogP contribution in [-0.2, 0) is 0 Å². The first-order valence-electron chi connectivity index (χ1n) is 4.79. The largest absolute Gasteiger partial charge is 0.417 e. The van der Waals surface area contributed by atoms with E-state index in [4.69, 9.17) is 15.0 Å². The molecule has 0 aliphatic carbocycles. The zero-order valence-electron chi connectivity index (χ0n) is 8.48. The second-order valence-electron chi connectivity index (χ2n) is 3.38. The third-order valence-electron chi connectivity index (χ3n) is 2.36. The number of hydrogen-bond donors (Lipinski definition) is 2. The number of nitrogens with one attached hydrogen (secondary N) is 1. The molecule has 0 fully saturated rings. The molecule has 1 aliphatic heterocycles. The van der Waals surface area contributed by atoms with E-state index in [1.54, 1.807) is 0 Å². The summed E-state index contributed by atoms with van der Waals surface area (Å²) in [6.07, 6.45) is 0.757. The molecule has 1 heterocycles. The van der Waals surface area contributed by atoms with Gasteiger partial charge in [-0.3, -0.25) is 5.41 Å². The molecule has 16 heavy (non-hydrogen) atoms. The Hall–Kier alpha value is -1.56. The van der Waals surface area contributed by atoms with Crippen molar-refractivity contribution >= 4 is 27.9 Å². The second kappa shape index (κ2) is 4.52. The molecule has 0 spiro atoms. The lowest BCUT2D eigenvalue weighted by Gasteiger charge is -2.08. The Morgan fingerprint density at radius 3 is 2.88 bits per heavy atom. The molecule has 0 saturated heterocycles. The zero-order chi connectivity index (χ0) is 11.5. The maximum absolute atomic E-state index is 7.30. The lowest BCUT2D eigenvalue weighted by molar-refractivity contribution is 0.482. The van der Waals surface area contributed by atoms with Gasteiger partial charge in [0.15, 0.2) is 16.3 Å². The molecule has 0 unspecified atom stereocenters. The van der Waals surface area contributed by atoms with Crippen LogP contribution in [0, 0.1) is 5.41 Å². The summed E-state index contributed by atoms with van der Waals surface area (Å²) in [5, 5.41) is 13.0. The molecule has 1 aromatic rings. The maximum atomic E-state index is 7.30. The van der Waals surface area contributed by atoms with E-state index in [0.717, 1.165) is 17.7 Å². The highest BCUT2D eigenvalue weighted by atomic mass is 79.9. The molecule has 0 radical (unpaired) electrons. The molecular weight excluding hydrogens is 272 g/mol. The Balaban J connectivity index is 2.32. The molecule has 0 aromatic heterocycles. The molecule has 0 bridgehead atoms. The van der Waals surface area contributed by atoms with Crippen molar-refractivity contribution in [3.8, 4) is 5.75 Å². The van der Waals surface area contributed by atoms with Crippen LogP contribution in [0.2, 0.25) is 0 Å².